The van der Waals surface area contributed by atoms with E-state index < -0.39 is 5.60 Å². The maximum Gasteiger partial charge on any atom is 0.338 e. The third-order valence-electron chi connectivity index (χ3n) is 6.48. The van der Waals surface area contributed by atoms with Gasteiger partial charge in [-0.1, -0.05) is 50.6 Å². The van der Waals surface area contributed by atoms with Crippen molar-refractivity contribution in [3.8, 4) is 0 Å². The Morgan fingerprint density at radius 2 is 1.88 bits per heavy atom. The van der Waals surface area contributed by atoms with Crippen LogP contribution in [0.3, 0.4) is 0 Å². The molecule has 0 unspecified atom stereocenters. The van der Waals surface area contributed by atoms with E-state index in [-0.39, 0.29) is 41.7 Å². The van der Waals surface area contributed by atoms with Crippen LogP contribution in [-0.2, 0) is 14.3 Å². The van der Waals surface area contributed by atoms with Gasteiger partial charge in [-0.15, -0.1) is 0 Å². The van der Waals surface area contributed by atoms with Gasteiger partial charge in [-0.05, 0) is 31.4 Å². The lowest BCUT2D eigenvalue weighted by Gasteiger charge is -2.49. The number of carbonyl (C=O) groups is 2. The molecule has 0 radical (unpaired) electrons. The van der Waals surface area contributed by atoms with Crippen LogP contribution in [0.1, 0.15) is 49.9 Å². The van der Waals surface area contributed by atoms with E-state index in [0.29, 0.717) is 5.56 Å². The topological polar surface area (TPSA) is 52.6 Å². The van der Waals surface area contributed by atoms with E-state index >= 15 is 0 Å². The summed E-state index contributed by atoms with van der Waals surface area (Å²) in [6.07, 6.45) is 7.60. The number of esters is 1. The molecule has 1 aromatic carbocycles. The zero-order chi connectivity index (χ0) is 18.3. The van der Waals surface area contributed by atoms with Crippen LogP contribution in [0.5, 0.6) is 0 Å². The minimum Gasteiger partial charge on any atom is -0.458 e. The quantitative estimate of drug-likeness (QED) is 0.609. The van der Waals surface area contributed by atoms with E-state index in [1.54, 1.807) is 12.1 Å². The Hall–Kier alpha value is -1.94. The Bertz CT molecular complexity index is 725. The normalized spacial score (nSPS) is 39.0. The maximum atomic E-state index is 12.8. The predicted molar refractivity (Wildman–Crippen MR) is 97.7 cm³/mol. The highest BCUT2D eigenvalue weighted by molar-refractivity contribution is 5.89. The zero-order valence-electron chi connectivity index (χ0n) is 15.4. The highest BCUT2D eigenvalue weighted by atomic mass is 16.6. The lowest BCUT2D eigenvalue weighted by atomic mass is 9.67. The third-order valence-corrected chi connectivity index (χ3v) is 6.48. The summed E-state index contributed by atoms with van der Waals surface area (Å²) in [4.78, 5) is 25.4. The molecule has 2 bridgehead atoms. The summed E-state index contributed by atoms with van der Waals surface area (Å²) in [6.45, 7) is 3.91. The number of carbonyl (C=O) groups excluding carboxylic acids is 2. The average molecular weight is 354 g/mol. The maximum absolute atomic E-state index is 12.8. The number of hydrogen-bond donors (Lipinski definition) is 0. The van der Waals surface area contributed by atoms with Crippen LogP contribution in [0.15, 0.2) is 42.5 Å². The fourth-order valence-electron chi connectivity index (χ4n) is 4.92. The first-order valence-corrected chi connectivity index (χ1v) is 9.70. The fraction of sp³-hybridized carbons (Fsp3) is 0.545. The number of benzene rings is 1. The predicted octanol–water partition coefficient (Wildman–Crippen LogP) is 3.95. The molecular formula is C22H26O4. The molecule has 1 saturated carbocycles. The number of fused-ring (bicyclic) bond motifs is 2. The van der Waals surface area contributed by atoms with Crippen LogP contribution in [0.25, 0.3) is 0 Å². The fourth-order valence-corrected chi connectivity index (χ4v) is 4.92. The van der Waals surface area contributed by atoms with Crippen LogP contribution in [0, 0.1) is 17.8 Å². The van der Waals surface area contributed by atoms with E-state index in [1.807, 2.05) is 38.1 Å². The van der Waals surface area contributed by atoms with Gasteiger partial charge in [0, 0.05) is 17.8 Å². The molecule has 1 aliphatic carbocycles. The summed E-state index contributed by atoms with van der Waals surface area (Å²) >= 11 is 0. The number of Topliss-reactive ketones (excluding diaryl/α,β-unsaturated/α-hetero) is 1. The van der Waals surface area contributed by atoms with Crippen molar-refractivity contribution in [2.75, 3.05) is 0 Å². The summed E-state index contributed by atoms with van der Waals surface area (Å²) in [6, 6.07) is 9.10. The van der Waals surface area contributed by atoms with Crippen LogP contribution < -0.4 is 0 Å². The van der Waals surface area contributed by atoms with Crippen molar-refractivity contribution in [1.82, 2.24) is 0 Å². The van der Waals surface area contributed by atoms with E-state index in [9.17, 15) is 9.59 Å². The van der Waals surface area contributed by atoms with Crippen molar-refractivity contribution in [2.24, 2.45) is 17.8 Å². The smallest absolute Gasteiger partial charge is 0.338 e. The van der Waals surface area contributed by atoms with Gasteiger partial charge < -0.3 is 9.47 Å². The first-order valence-electron chi connectivity index (χ1n) is 9.70. The summed E-state index contributed by atoms with van der Waals surface area (Å²) in [5.41, 5.74) is -0.0625. The SMILES string of the molecule is C[C@@H]1C(=O)[C@H](C)[C@]2([C@H]3CCCC[C@H]3OC(=O)c3ccccc3)C=C[C@@H]1O2. The monoisotopic (exact) mass is 354 g/mol. The van der Waals surface area contributed by atoms with Gasteiger partial charge in [0.1, 0.15) is 17.5 Å². The molecule has 4 rings (SSSR count). The molecule has 6 atom stereocenters. The van der Waals surface area contributed by atoms with Crippen LogP contribution in [0.4, 0.5) is 0 Å². The molecule has 2 heterocycles. The van der Waals surface area contributed by atoms with Gasteiger partial charge in [-0.2, -0.15) is 0 Å². The minimum absolute atomic E-state index is 0.0246. The molecule has 1 aromatic rings. The zero-order valence-corrected chi connectivity index (χ0v) is 15.4. The Morgan fingerprint density at radius 1 is 1.15 bits per heavy atom. The Labute approximate surface area is 154 Å². The Morgan fingerprint density at radius 3 is 2.65 bits per heavy atom. The molecule has 3 aliphatic rings. The first kappa shape index (κ1) is 17.5. The van der Waals surface area contributed by atoms with Crippen molar-refractivity contribution in [3.63, 3.8) is 0 Å². The standard InChI is InChI=1S/C22H26O4/c1-14-18-12-13-22(26-18,15(2)20(14)23)17-10-6-7-11-19(17)25-21(24)16-8-4-3-5-9-16/h3-5,8-9,12-15,17-19H,6-7,10-11H2,1-2H3/t14-,15-,17-,18-,19+,22-/m0/s1. The van der Waals surface area contributed by atoms with Gasteiger partial charge in [0.05, 0.1) is 11.7 Å². The van der Waals surface area contributed by atoms with Gasteiger partial charge in [0.25, 0.3) is 0 Å². The first-order chi connectivity index (χ1) is 12.5. The van der Waals surface area contributed by atoms with Crippen LogP contribution in [-0.4, -0.2) is 29.6 Å². The van der Waals surface area contributed by atoms with E-state index in [4.69, 9.17) is 9.47 Å². The molecule has 26 heavy (non-hydrogen) atoms. The number of ketones is 1. The van der Waals surface area contributed by atoms with Crippen LogP contribution >= 0.6 is 0 Å². The molecule has 4 heteroatoms. The summed E-state index contributed by atoms with van der Waals surface area (Å²) in [5.74, 6) is -0.332. The van der Waals surface area contributed by atoms with Gasteiger partial charge in [0.15, 0.2) is 0 Å². The second-order valence-corrected chi connectivity index (χ2v) is 7.91. The molecule has 2 aliphatic heterocycles. The largest absolute Gasteiger partial charge is 0.458 e. The van der Waals surface area contributed by atoms with Crippen molar-refractivity contribution < 1.29 is 19.1 Å². The number of ether oxygens (including phenoxy) is 2. The second kappa shape index (κ2) is 6.66. The summed E-state index contributed by atoms with van der Waals surface area (Å²) in [7, 11) is 0. The van der Waals surface area contributed by atoms with E-state index in [2.05, 4.69) is 6.08 Å². The van der Waals surface area contributed by atoms with Crippen LogP contribution in [0.2, 0.25) is 0 Å². The Kier molecular flexibility index (Phi) is 4.47. The van der Waals surface area contributed by atoms with Gasteiger partial charge >= 0.3 is 5.97 Å². The highest BCUT2D eigenvalue weighted by Crippen LogP contribution is 2.50. The molecule has 1 saturated heterocycles. The summed E-state index contributed by atoms with van der Waals surface area (Å²) < 4.78 is 12.3. The molecule has 0 spiro atoms. The Balaban J connectivity index is 1.59. The van der Waals surface area contributed by atoms with Gasteiger partial charge in [0.2, 0.25) is 0 Å². The van der Waals surface area contributed by atoms with E-state index in [1.165, 1.54) is 0 Å². The summed E-state index contributed by atoms with van der Waals surface area (Å²) in [5, 5.41) is 0. The number of hydrogen-bond acceptors (Lipinski definition) is 4. The second-order valence-electron chi connectivity index (χ2n) is 7.91. The average Bonchev–Trinajstić information content (AvgIpc) is 3.10. The van der Waals surface area contributed by atoms with Crippen molar-refractivity contribution in [3.05, 3.63) is 48.0 Å². The lowest BCUT2D eigenvalue weighted by Crippen LogP contribution is -2.57. The third kappa shape index (κ3) is 2.71. The molecule has 0 amide bonds. The lowest BCUT2D eigenvalue weighted by molar-refractivity contribution is -0.182. The number of rotatable bonds is 3. The molecular weight excluding hydrogens is 328 g/mol. The molecule has 0 aromatic heterocycles. The van der Waals surface area contributed by atoms with Crippen molar-refractivity contribution in [1.29, 1.82) is 0 Å². The molecule has 0 N–H and O–H groups in total. The van der Waals surface area contributed by atoms with Crippen molar-refractivity contribution >= 4 is 11.8 Å². The highest BCUT2D eigenvalue weighted by Gasteiger charge is 2.58. The van der Waals surface area contributed by atoms with E-state index in [0.717, 1.165) is 25.7 Å². The van der Waals surface area contributed by atoms with Gasteiger partial charge in [-0.25, -0.2) is 4.79 Å². The van der Waals surface area contributed by atoms with Crippen molar-refractivity contribution in [2.45, 2.75) is 57.3 Å². The molecule has 4 nitrogen and oxygen atoms in total. The van der Waals surface area contributed by atoms with Gasteiger partial charge in [-0.3, -0.25) is 4.79 Å². The molecule has 138 valence electrons. The molecule has 2 fully saturated rings. The minimum atomic E-state index is -0.629.